The predicted molar refractivity (Wildman–Crippen MR) is 61.3 cm³/mol. The number of rotatable bonds is 4. The van der Waals surface area contributed by atoms with Crippen molar-refractivity contribution >= 4 is 6.29 Å². The zero-order valence-corrected chi connectivity index (χ0v) is 10.6. The molecule has 0 aliphatic heterocycles. The summed E-state index contributed by atoms with van der Waals surface area (Å²) in [6, 6.07) is 0. The molecule has 2 nitrogen and oxygen atoms in total. The molecule has 0 saturated heterocycles. The maximum atomic E-state index is 10.1. The Balaban J connectivity index is 0. The third-order valence-electron chi connectivity index (χ3n) is 2.62. The molecule has 14 heavy (non-hydrogen) atoms. The first-order valence-electron chi connectivity index (χ1n) is 5.32. The summed E-state index contributed by atoms with van der Waals surface area (Å²) >= 11 is 0. The topological polar surface area (TPSA) is 37.3 Å². The first-order chi connectivity index (χ1) is 6.24. The molecule has 0 fully saturated rings. The zero-order valence-electron chi connectivity index (χ0n) is 10.6. The van der Waals surface area contributed by atoms with Gasteiger partial charge < -0.3 is 9.90 Å². The van der Waals surface area contributed by atoms with Crippen LogP contribution in [0.25, 0.3) is 0 Å². The molecule has 0 aromatic heterocycles. The maximum Gasteiger partial charge on any atom is 0.125 e. The molecule has 0 aliphatic carbocycles. The fraction of sp³-hybridized carbons (Fsp3) is 0.917. The molecular weight excluding hydrogens is 176 g/mol. The molecule has 0 amide bonds. The fourth-order valence-electron chi connectivity index (χ4n) is 0.195. The van der Waals surface area contributed by atoms with Crippen LogP contribution in [0.15, 0.2) is 0 Å². The van der Waals surface area contributed by atoms with E-state index in [1.165, 1.54) is 0 Å². The lowest BCUT2D eigenvalue weighted by Crippen LogP contribution is -2.14. The highest BCUT2D eigenvalue weighted by molar-refractivity contribution is 5.57. The number of hydrogen-bond acceptors (Lipinski definition) is 2. The average molecular weight is 202 g/mol. The Morgan fingerprint density at radius 3 is 1.50 bits per heavy atom. The minimum atomic E-state index is -0.0972. The summed E-state index contributed by atoms with van der Waals surface area (Å²) < 4.78 is 0. The highest BCUT2D eigenvalue weighted by Crippen LogP contribution is 2.16. The third kappa shape index (κ3) is 9.72. The Morgan fingerprint density at radius 1 is 1.07 bits per heavy atom. The van der Waals surface area contributed by atoms with Gasteiger partial charge >= 0.3 is 0 Å². The van der Waals surface area contributed by atoms with Crippen molar-refractivity contribution in [3.8, 4) is 0 Å². The smallest absolute Gasteiger partial charge is 0.125 e. The van der Waals surface area contributed by atoms with Gasteiger partial charge in [-0.05, 0) is 18.3 Å². The highest BCUT2D eigenvalue weighted by Gasteiger charge is 2.11. The van der Waals surface area contributed by atoms with E-state index in [0.29, 0.717) is 6.61 Å². The average Bonchev–Trinajstić information content (AvgIpc) is 2.19. The van der Waals surface area contributed by atoms with Crippen molar-refractivity contribution in [2.24, 2.45) is 10.8 Å². The van der Waals surface area contributed by atoms with Crippen molar-refractivity contribution in [2.75, 3.05) is 6.61 Å². The first kappa shape index (κ1) is 16.1. The van der Waals surface area contributed by atoms with E-state index in [1.807, 2.05) is 34.6 Å². The second-order valence-electron chi connectivity index (χ2n) is 5.14. The van der Waals surface area contributed by atoms with Crippen molar-refractivity contribution < 1.29 is 9.90 Å². The lowest BCUT2D eigenvalue weighted by molar-refractivity contribution is -0.114. The maximum absolute atomic E-state index is 10.1. The molecule has 0 aliphatic rings. The number of aliphatic hydroxyl groups is 1. The fourth-order valence-corrected chi connectivity index (χ4v) is 0.195. The number of carbonyl (C=O) groups excluding carboxylic acids is 1. The number of aldehydes is 1. The summed E-state index contributed by atoms with van der Waals surface area (Å²) in [7, 11) is 0. The van der Waals surface area contributed by atoms with Crippen LogP contribution in [0, 0.1) is 10.8 Å². The van der Waals surface area contributed by atoms with Crippen LogP contribution in [0.2, 0.25) is 0 Å². The van der Waals surface area contributed by atoms with Gasteiger partial charge in [0.2, 0.25) is 0 Å². The molecule has 0 aromatic carbocycles. The lowest BCUT2D eigenvalue weighted by atomic mass is 9.92. The van der Waals surface area contributed by atoms with Crippen LogP contribution in [-0.4, -0.2) is 18.0 Å². The molecule has 0 spiro atoms. The largest absolute Gasteiger partial charge is 0.396 e. The van der Waals surface area contributed by atoms with Crippen molar-refractivity contribution in [1.82, 2.24) is 0 Å². The molecule has 0 rings (SSSR count). The van der Waals surface area contributed by atoms with Crippen LogP contribution in [0.1, 0.15) is 54.4 Å². The molecule has 0 saturated carbocycles. The Labute approximate surface area is 88.7 Å². The van der Waals surface area contributed by atoms with Crippen molar-refractivity contribution in [3.63, 3.8) is 0 Å². The van der Waals surface area contributed by atoms with E-state index >= 15 is 0 Å². The summed E-state index contributed by atoms with van der Waals surface area (Å²) in [6.45, 7) is 12.3. The van der Waals surface area contributed by atoms with Gasteiger partial charge in [0.25, 0.3) is 0 Å². The number of carbonyl (C=O) groups is 1. The van der Waals surface area contributed by atoms with E-state index in [9.17, 15) is 4.79 Å². The van der Waals surface area contributed by atoms with E-state index in [4.69, 9.17) is 5.11 Å². The van der Waals surface area contributed by atoms with Gasteiger partial charge in [-0.25, -0.2) is 0 Å². The summed E-state index contributed by atoms with van der Waals surface area (Å²) in [5.41, 5.74) is 0.0417. The molecule has 0 aromatic rings. The van der Waals surface area contributed by atoms with Crippen LogP contribution in [0.4, 0.5) is 0 Å². The van der Waals surface area contributed by atoms with E-state index < -0.39 is 0 Å². The summed E-state index contributed by atoms with van der Waals surface area (Å²) in [6.07, 6.45) is 2.97. The third-order valence-corrected chi connectivity index (χ3v) is 2.62. The summed E-state index contributed by atoms with van der Waals surface area (Å²) in [5, 5.41) is 8.59. The molecule has 1 N–H and O–H groups in total. The van der Waals surface area contributed by atoms with Crippen LogP contribution >= 0.6 is 0 Å². The van der Waals surface area contributed by atoms with Gasteiger partial charge in [0, 0.05) is 12.0 Å². The standard InChI is InChI=1S/C6H14O.C6H12O/c2*1-4-6(2,3)5-7/h7H,4-5H2,1-3H3;5H,4H2,1-3H3. The second kappa shape index (κ2) is 6.99. The van der Waals surface area contributed by atoms with Crippen molar-refractivity contribution in [3.05, 3.63) is 0 Å². The summed E-state index contributed by atoms with van der Waals surface area (Å²) in [5.74, 6) is 0. The Kier molecular flexibility index (Phi) is 8.03. The van der Waals surface area contributed by atoms with E-state index in [1.54, 1.807) is 0 Å². The molecule has 0 bridgehead atoms. The van der Waals surface area contributed by atoms with Gasteiger partial charge in [-0.2, -0.15) is 0 Å². The van der Waals surface area contributed by atoms with Crippen LogP contribution in [-0.2, 0) is 4.79 Å². The monoisotopic (exact) mass is 202 g/mol. The van der Waals surface area contributed by atoms with Gasteiger partial charge in [0.05, 0.1) is 0 Å². The molecule has 86 valence electrons. The SMILES string of the molecule is CCC(C)(C)C=O.CCC(C)(C)CO. The quantitative estimate of drug-likeness (QED) is 0.711. The van der Waals surface area contributed by atoms with Gasteiger partial charge in [0.1, 0.15) is 6.29 Å². The van der Waals surface area contributed by atoms with Gasteiger partial charge in [0.15, 0.2) is 0 Å². The van der Waals surface area contributed by atoms with Crippen LogP contribution in [0.5, 0.6) is 0 Å². The zero-order chi connectivity index (χ0) is 11.8. The van der Waals surface area contributed by atoms with Crippen molar-refractivity contribution in [2.45, 2.75) is 54.4 Å². The minimum Gasteiger partial charge on any atom is -0.396 e. The number of aliphatic hydroxyl groups excluding tert-OH is 1. The molecule has 0 heterocycles. The number of hydrogen-bond donors (Lipinski definition) is 1. The first-order valence-corrected chi connectivity index (χ1v) is 5.32. The molecular formula is C12H26O2. The summed E-state index contributed by atoms with van der Waals surface area (Å²) in [4.78, 5) is 10.1. The Hall–Kier alpha value is -0.370. The van der Waals surface area contributed by atoms with Gasteiger partial charge in [-0.3, -0.25) is 0 Å². The molecule has 0 atom stereocenters. The Morgan fingerprint density at radius 2 is 1.50 bits per heavy atom. The van der Waals surface area contributed by atoms with E-state index in [2.05, 4.69) is 6.92 Å². The molecule has 2 heteroatoms. The minimum absolute atomic E-state index is 0.0972. The predicted octanol–water partition coefficient (Wildman–Crippen LogP) is 3.04. The highest BCUT2D eigenvalue weighted by atomic mass is 16.3. The molecule has 0 radical (unpaired) electrons. The van der Waals surface area contributed by atoms with E-state index in [0.717, 1.165) is 19.1 Å². The second-order valence-corrected chi connectivity index (χ2v) is 5.14. The van der Waals surface area contributed by atoms with Gasteiger partial charge in [-0.15, -0.1) is 0 Å². The van der Waals surface area contributed by atoms with Crippen LogP contribution in [0.3, 0.4) is 0 Å². The van der Waals surface area contributed by atoms with Crippen molar-refractivity contribution in [1.29, 1.82) is 0 Å². The van der Waals surface area contributed by atoms with Crippen LogP contribution < -0.4 is 0 Å². The van der Waals surface area contributed by atoms with E-state index in [-0.39, 0.29) is 10.8 Å². The lowest BCUT2D eigenvalue weighted by Gasteiger charge is -2.17. The van der Waals surface area contributed by atoms with Gasteiger partial charge in [-0.1, -0.05) is 41.5 Å². The Bertz CT molecular complexity index is 142. The molecule has 0 unspecified atom stereocenters. The normalized spacial score (nSPS) is 11.6.